The Kier molecular flexibility index (Phi) is 10.5. The van der Waals surface area contributed by atoms with Crippen molar-refractivity contribution in [2.24, 2.45) is 0 Å². The third kappa shape index (κ3) is 7.01. The van der Waals surface area contributed by atoms with Gasteiger partial charge in [-0.25, -0.2) is 4.79 Å². The number of aliphatic carboxylic acids is 1. The summed E-state index contributed by atoms with van der Waals surface area (Å²) in [6.45, 7) is 1.96. The van der Waals surface area contributed by atoms with Gasteiger partial charge in [-0.2, -0.15) is 11.8 Å². The molecule has 3 aromatic rings. The van der Waals surface area contributed by atoms with Gasteiger partial charge in [0.25, 0.3) is 5.91 Å². The second-order valence-electron chi connectivity index (χ2n) is 7.53. The van der Waals surface area contributed by atoms with Crippen LogP contribution in [0.4, 0.5) is 0 Å². The Hall–Kier alpha value is -2.98. The molecule has 0 fully saturated rings. The molecule has 0 bridgehead atoms. The fraction of sp³-hybridized carbons (Fsp3) is 0.192. The molecule has 0 aliphatic heterocycles. The minimum absolute atomic E-state index is 0. The first-order chi connectivity index (χ1) is 15.9. The van der Waals surface area contributed by atoms with Crippen molar-refractivity contribution in [3.8, 4) is 16.9 Å². The average Bonchev–Trinajstić information content (AvgIpc) is 2.81. The van der Waals surface area contributed by atoms with E-state index in [2.05, 4.69) is 10.3 Å². The second-order valence-corrected chi connectivity index (χ2v) is 8.52. The number of thioether (sulfide) groups is 1. The van der Waals surface area contributed by atoms with Crippen LogP contribution in [0.3, 0.4) is 0 Å². The van der Waals surface area contributed by atoms with E-state index in [1.54, 1.807) is 24.4 Å². The molecular formula is C26H27LiN2O4S. The molecule has 0 unspecified atom stereocenters. The van der Waals surface area contributed by atoms with Crippen LogP contribution in [-0.4, -0.2) is 64.0 Å². The van der Waals surface area contributed by atoms with Gasteiger partial charge in [0.1, 0.15) is 11.8 Å². The first kappa shape index (κ1) is 27.3. The van der Waals surface area contributed by atoms with Gasteiger partial charge in [-0.15, -0.1) is 0 Å². The number of carboxylic acid groups (broad SMARTS) is 1. The summed E-state index contributed by atoms with van der Waals surface area (Å²) in [6.07, 6.45) is 8.91. The molecule has 1 amide bonds. The number of pyridine rings is 1. The number of amides is 1. The number of aryl methyl sites for hydroxylation is 1. The summed E-state index contributed by atoms with van der Waals surface area (Å²) in [5.74, 6) is -0.721. The van der Waals surface area contributed by atoms with Crippen LogP contribution < -0.4 is 5.32 Å². The molecule has 0 radical (unpaired) electrons. The van der Waals surface area contributed by atoms with Crippen LogP contribution in [0.5, 0.6) is 5.75 Å². The molecular weight excluding hydrogens is 443 g/mol. The van der Waals surface area contributed by atoms with Crippen LogP contribution in [0.25, 0.3) is 23.3 Å². The zero-order valence-electron chi connectivity index (χ0n) is 18.5. The molecule has 172 valence electrons. The normalized spacial score (nSPS) is 11.6. The second kappa shape index (κ2) is 13.0. The van der Waals surface area contributed by atoms with Gasteiger partial charge in [0.15, 0.2) is 0 Å². The summed E-state index contributed by atoms with van der Waals surface area (Å²) in [5, 5.41) is 22.2. The fourth-order valence-corrected chi connectivity index (χ4v) is 3.88. The predicted molar refractivity (Wildman–Crippen MR) is 140 cm³/mol. The Morgan fingerprint density at radius 1 is 1.12 bits per heavy atom. The van der Waals surface area contributed by atoms with Crippen molar-refractivity contribution in [3.63, 3.8) is 0 Å². The summed E-state index contributed by atoms with van der Waals surface area (Å²) in [6, 6.07) is 13.7. The molecule has 8 heteroatoms. The van der Waals surface area contributed by atoms with Crippen LogP contribution in [0, 0.1) is 6.92 Å². The van der Waals surface area contributed by atoms with Crippen molar-refractivity contribution >= 4 is 54.7 Å². The molecule has 1 heterocycles. The number of aromatic nitrogens is 1. The summed E-state index contributed by atoms with van der Waals surface area (Å²) in [4.78, 5) is 28.8. The number of aromatic hydroxyl groups is 1. The van der Waals surface area contributed by atoms with Gasteiger partial charge in [-0.3, -0.25) is 9.78 Å². The molecule has 1 atom stereocenters. The third-order valence-electron chi connectivity index (χ3n) is 5.22. The van der Waals surface area contributed by atoms with Gasteiger partial charge >= 0.3 is 24.8 Å². The zero-order chi connectivity index (χ0) is 23.8. The summed E-state index contributed by atoms with van der Waals surface area (Å²) in [7, 11) is 0. The molecule has 3 N–H and O–H groups in total. The van der Waals surface area contributed by atoms with Crippen molar-refractivity contribution < 1.29 is 19.8 Å². The van der Waals surface area contributed by atoms with Gasteiger partial charge in [0.05, 0.1) is 0 Å². The maximum atomic E-state index is 13.1. The van der Waals surface area contributed by atoms with Crippen molar-refractivity contribution in [3.05, 3.63) is 83.2 Å². The van der Waals surface area contributed by atoms with E-state index in [-0.39, 0.29) is 24.6 Å². The van der Waals surface area contributed by atoms with Crippen LogP contribution in [-0.2, 0) is 4.79 Å². The van der Waals surface area contributed by atoms with E-state index in [9.17, 15) is 19.8 Å². The molecule has 34 heavy (non-hydrogen) atoms. The van der Waals surface area contributed by atoms with E-state index in [0.717, 1.165) is 16.7 Å². The Bertz CT molecular complexity index is 1180. The number of rotatable bonds is 9. The number of nitrogens with zero attached hydrogens (tertiary/aromatic N) is 1. The first-order valence-electron chi connectivity index (χ1n) is 10.4. The number of nitrogens with one attached hydrogen (secondary N) is 1. The molecule has 3 rings (SSSR count). The summed E-state index contributed by atoms with van der Waals surface area (Å²) < 4.78 is 0. The van der Waals surface area contributed by atoms with E-state index in [0.29, 0.717) is 28.9 Å². The number of hydrogen-bond acceptors (Lipinski definition) is 5. The van der Waals surface area contributed by atoms with Gasteiger partial charge in [-0.05, 0) is 71.9 Å². The number of carboxylic acids is 1. The molecule has 1 aromatic heterocycles. The topological polar surface area (TPSA) is 99.5 Å². The van der Waals surface area contributed by atoms with Crippen molar-refractivity contribution in [2.45, 2.75) is 19.4 Å². The van der Waals surface area contributed by atoms with E-state index in [1.807, 2.05) is 49.6 Å². The van der Waals surface area contributed by atoms with E-state index < -0.39 is 17.9 Å². The van der Waals surface area contributed by atoms with Gasteiger partial charge in [-0.1, -0.05) is 36.4 Å². The Labute approximate surface area is 215 Å². The zero-order valence-corrected chi connectivity index (χ0v) is 19.3. The molecule has 0 saturated heterocycles. The van der Waals surface area contributed by atoms with E-state index in [4.69, 9.17) is 0 Å². The number of hydrogen-bond donors (Lipinski definition) is 3. The van der Waals surface area contributed by atoms with Gasteiger partial charge < -0.3 is 15.5 Å². The van der Waals surface area contributed by atoms with Crippen LogP contribution in [0.1, 0.15) is 33.5 Å². The first-order valence-corrected chi connectivity index (χ1v) is 11.8. The van der Waals surface area contributed by atoms with Gasteiger partial charge in [0.2, 0.25) is 0 Å². The van der Waals surface area contributed by atoms with Crippen molar-refractivity contribution in [1.29, 1.82) is 0 Å². The molecule has 0 aliphatic rings. The standard InChI is InChI=1S/C26H26N2O4S.Li.H/c1-17-5-3-4-6-20(17)22-15-18(7-9-19-16-27-13-11-24(19)29)8-10-21(22)25(30)28-23(26(31)32)12-14-33-2;;/h3-11,13,15-16,23H,12,14H2,1-2H3,(H,27,29)(H,28,30)(H,31,32);;/t23-;;/m0../s1. The Balaban J connectivity index is 0.00000408. The number of carbonyl (C=O) groups is 2. The number of benzene rings is 2. The summed E-state index contributed by atoms with van der Waals surface area (Å²) in [5.41, 5.74) is 4.39. The van der Waals surface area contributed by atoms with Crippen LogP contribution in [0.2, 0.25) is 0 Å². The van der Waals surface area contributed by atoms with Gasteiger partial charge in [0, 0.05) is 23.5 Å². The number of carbonyl (C=O) groups excluding carboxylic acids is 1. The molecule has 0 spiro atoms. The van der Waals surface area contributed by atoms with Crippen molar-refractivity contribution in [1.82, 2.24) is 10.3 Å². The summed E-state index contributed by atoms with van der Waals surface area (Å²) >= 11 is 1.53. The van der Waals surface area contributed by atoms with Crippen LogP contribution >= 0.6 is 11.8 Å². The molecule has 0 aliphatic carbocycles. The van der Waals surface area contributed by atoms with E-state index in [1.165, 1.54) is 24.0 Å². The Morgan fingerprint density at radius 3 is 2.56 bits per heavy atom. The fourth-order valence-electron chi connectivity index (χ4n) is 3.40. The predicted octanol–water partition coefficient (Wildman–Crippen LogP) is 4.22. The monoisotopic (exact) mass is 470 g/mol. The molecule has 0 saturated carbocycles. The molecule has 2 aromatic carbocycles. The minimum atomic E-state index is -1.05. The Morgan fingerprint density at radius 2 is 1.88 bits per heavy atom. The molecule has 6 nitrogen and oxygen atoms in total. The maximum absolute atomic E-state index is 13.1. The quantitative estimate of drug-likeness (QED) is 0.405. The van der Waals surface area contributed by atoms with Crippen molar-refractivity contribution in [2.75, 3.05) is 12.0 Å². The van der Waals surface area contributed by atoms with Crippen LogP contribution in [0.15, 0.2) is 60.9 Å². The van der Waals surface area contributed by atoms with E-state index >= 15 is 0 Å². The third-order valence-corrected chi connectivity index (χ3v) is 5.86. The SMILES string of the molecule is CSCC[C@H](NC(=O)c1ccc(C=Cc2cnccc2O)cc1-c1ccccc1C)C(=O)O.[LiH]. The average molecular weight is 471 g/mol.